The minimum Gasteiger partial charge on any atom is -0.393 e. The molecule has 2 heterocycles. The highest BCUT2D eigenvalue weighted by Crippen LogP contribution is 2.33. The van der Waals surface area contributed by atoms with Crippen LogP contribution in [0.5, 0.6) is 0 Å². The van der Waals surface area contributed by atoms with Gasteiger partial charge in [0.2, 0.25) is 0 Å². The molecule has 2 rings (SSSR count). The minimum absolute atomic E-state index is 0.533. The molecule has 2 aromatic heterocycles. The zero-order valence-electron chi connectivity index (χ0n) is 10.7. The Morgan fingerprint density at radius 3 is 2.83 bits per heavy atom. The summed E-state index contributed by atoms with van der Waals surface area (Å²) in [6, 6.07) is 0. The summed E-state index contributed by atoms with van der Waals surface area (Å²) in [4.78, 5) is 13.7. The summed E-state index contributed by atoms with van der Waals surface area (Å²) in [5.41, 5.74) is 6.80. The molecule has 18 heavy (non-hydrogen) atoms. The molecule has 96 valence electrons. The van der Waals surface area contributed by atoms with Crippen LogP contribution in [0, 0.1) is 13.8 Å². The van der Waals surface area contributed by atoms with Gasteiger partial charge in [0.1, 0.15) is 17.0 Å². The van der Waals surface area contributed by atoms with Gasteiger partial charge in [-0.05, 0) is 19.4 Å². The number of thiocarbonyl (C=S) groups is 1. The van der Waals surface area contributed by atoms with Crippen molar-refractivity contribution in [3.63, 3.8) is 0 Å². The SMILES string of the molecule is Cc1sc2ncnc(N(C)CCC(N)=S)c2c1C. The van der Waals surface area contributed by atoms with E-state index in [0.29, 0.717) is 11.4 Å². The predicted molar refractivity (Wildman–Crippen MR) is 81.6 cm³/mol. The van der Waals surface area contributed by atoms with E-state index in [9.17, 15) is 0 Å². The molecule has 0 aromatic carbocycles. The third-order valence-corrected chi connectivity index (χ3v) is 4.32. The first-order chi connectivity index (χ1) is 8.50. The van der Waals surface area contributed by atoms with E-state index in [4.69, 9.17) is 18.0 Å². The predicted octanol–water partition coefficient (Wildman–Crippen LogP) is 2.42. The van der Waals surface area contributed by atoms with Gasteiger partial charge >= 0.3 is 0 Å². The first kappa shape index (κ1) is 13.2. The first-order valence-electron chi connectivity index (χ1n) is 5.71. The summed E-state index contributed by atoms with van der Waals surface area (Å²) in [6.45, 7) is 5.00. The highest BCUT2D eigenvalue weighted by Gasteiger charge is 2.14. The first-order valence-corrected chi connectivity index (χ1v) is 6.93. The van der Waals surface area contributed by atoms with Crippen molar-refractivity contribution in [1.29, 1.82) is 0 Å². The number of fused-ring (bicyclic) bond motifs is 1. The Kier molecular flexibility index (Phi) is 3.77. The van der Waals surface area contributed by atoms with Crippen LogP contribution < -0.4 is 10.6 Å². The Hall–Kier alpha value is -1.27. The standard InChI is InChI=1S/C12H16N4S2/c1-7-8(2)18-12-10(7)11(14-6-15-12)16(3)5-4-9(13)17/h6H,4-5H2,1-3H3,(H2,13,17). The molecule has 4 nitrogen and oxygen atoms in total. The molecular formula is C12H16N4S2. The van der Waals surface area contributed by atoms with Crippen molar-refractivity contribution in [2.75, 3.05) is 18.5 Å². The lowest BCUT2D eigenvalue weighted by molar-refractivity contribution is 0.901. The molecule has 0 spiro atoms. The van der Waals surface area contributed by atoms with Crippen molar-refractivity contribution in [3.05, 3.63) is 16.8 Å². The molecule has 0 saturated heterocycles. The third kappa shape index (κ3) is 2.44. The number of rotatable bonds is 4. The monoisotopic (exact) mass is 280 g/mol. The van der Waals surface area contributed by atoms with Crippen LogP contribution in [0.25, 0.3) is 10.2 Å². The molecule has 2 aromatic rings. The van der Waals surface area contributed by atoms with Crippen LogP contribution in [0.4, 0.5) is 5.82 Å². The largest absolute Gasteiger partial charge is 0.393 e. The third-order valence-electron chi connectivity index (χ3n) is 3.00. The topological polar surface area (TPSA) is 55.0 Å². The summed E-state index contributed by atoms with van der Waals surface area (Å²) < 4.78 is 0. The van der Waals surface area contributed by atoms with Crippen molar-refractivity contribution >= 4 is 44.6 Å². The van der Waals surface area contributed by atoms with Crippen molar-refractivity contribution in [1.82, 2.24) is 9.97 Å². The van der Waals surface area contributed by atoms with Gasteiger partial charge in [-0.1, -0.05) is 12.2 Å². The molecule has 0 fully saturated rings. The van der Waals surface area contributed by atoms with Gasteiger partial charge in [0.25, 0.3) is 0 Å². The summed E-state index contributed by atoms with van der Waals surface area (Å²) in [5, 5.41) is 1.14. The highest BCUT2D eigenvalue weighted by molar-refractivity contribution is 7.80. The number of aromatic nitrogens is 2. The van der Waals surface area contributed by atoms with Gasteiger partial charge in [-0.15, -0.1) is 11.3 Å². The lowest BCUT2D eigenvalue weighted by atomic mass is 10.2. The van der Waals surface area contributed by atoms with Crippen LogP contribution in [-0.2, 0) is 0 Å². The van der Waals surface area contributed by atoms with Gasteiger partial charge in [-0.2, -0.15) is 0 Å². The Morgan fingerprint density at radius 1 is 1.44 bits per heavy atom. The van der Waals surface area contributed by atoms with Crippen molar-refractivity contribution in [3.8, 4) is 0 Å². The molecule has 0 radical (unpaired) electrons. The molecule has 0 aliphatic rings. The van der Waals surface area contributed by atoms with Gasteiger partial charge in [-0.3, -0.25) is 0 Å². The minimum atomic E-state index is 0.533. The molecule has 0 saturated carbocycles. The van der Waals surface area contributed by atoms with Gasteiger partial charge in [0.15, 0.2) is 0 Å². The average molecular weight is 280 g/mol. The lowest BCUT2D eigenvalue weighted by Crippen LogP contribution is -2.24. The number of anilines is 1. The van der Waals surface area contributed by atoms with Gasteiger partial charge in [0.05, 0.1) is 10.4 Å². The van der Waals surface area contributed by atoms with Gasteiger partial charge < -0.3 is 10.6 Å². The van der Waals surface area contributed by atoms with E-state index in [0.717, 1.165) is 22.6 Å². The molecule has 0 aliphatic heterocycles. The molecule has 0 atom stereocenters. The second kappa shape index (κ2) is 5.16. The Labute approximate surface area is 116 Å². The van der Waals surface area contributed by atoms with Crippen LogP contribution in [0.15, 0.2) is 6.33 Å². The molecule has 0 amide bonds. The van der Waals surface area contributed by atoms with Crippen LogP contribution in [0.2, 0.25) is 0 Å². The van der Waals surface area contributed by atoms with E-state index >= 15 is 0 Å². The quantitative estimate of drug-likeness (QED) is 0.872. The smallest absolute Gasteiger partial charge is 0.140 e. The average Bonchev–Trinajstić information content (AvgIpc) is 2.62. The van der Waals surface area contributed by atoms with E-state index in [2.05, 4.69) is 28.7 Å². The number of nitrogens with two attached hydrogens (primary N) is 1. The zero-order chi connectivity index (χ0) is 13.3. The van der Waals surface area contributed by atoms with E-state index in [1.807, 2.05) is 7.05 Å². The fraction of sp³-hybridized carbons (Fsp3) is 0.417. The summed E-state index contributed by atoms with van der Waals surface area (Å²) in [5.74, 6) is 0.957. The number of hydrogen-bond donors (Lipinski definition) is 1. The second-order valence-corrected chi connectivity index (χ2v) is 6.03. The van der Waals surface area contributed by atoms with Crippen LogP contribution in [0.3, 0.4) is 0 Å². The number of hydrogen-bond acceptors (Lipinski definition) is 5. The Balaban J connectivity index is 2.41. The molecule has 2 N–H and O–H groups in total. The normalized spacial score (nSPS) is 10.8. The Bertz CT molecular complexity index is 591. The summed E-state index contributed by atoms with van der Waals surface area (Å²) in [6.07, 6.45) is 2.31. The van der Waals surface area contributed by atoms with Crippen molar-refractivity contribution in [2.24, 2.45) is 5.73 Å². The van der Waals surface area contributed by atoms with Gasteiger partial charge in [0, 0.05) is 24.9 Å². The number of aryl methyl sites for hydroxylation is 2. The van der Waals surface area contributed by atoms with E-state index in [1.54, 1.807) is 17.7 Å². The maximum Gasteiger partial charge on any atom is 0.140 e. The van der Waals surface area contributed by atoms with Crippen LogP contribution in [0.1, 0.15) is 16.9 Å². The highest BCUT2D eigenvalue weighted by atomic mass is 32.1. The van der Waals surface area contributed by atoms with Crippen LogP contribution in [-0.4, -0.2) is 28.5 Å². The maximum atomic E-state index is 5.54. The maximum absolute atomic E-state index is 5.54. The second-order valence-electron chi connectivity index (χ2n) is 4.30. The number of thiophene rings is 1. The summed E-state index contributed by atoms with van der Waals surface area (Å²) >= 11 is 6.62. The molecule has 0 bridgehead atoms. The zero-order valence-corrected chi connectivity index (χ0v) is 12.4. The van der Waals surface area contributed by atoms with E-state index in [-0.39, 0.29) is 0 Å². The number of nitrogens with zero attached hydrogens (tertiary/aromatic N) is 3. The molecular weight excluding hydrogens is 264 g/mol. The molecule has 0 aliphatic carbocycles. The Morgan fingerprint density at radius 2 is 2.17 bits per heavy atom. The van der Waals surface area contributed by atoms with Crippen molar-refractivity contribution < 1.29 is 0 Å². The molecule has 6 heteroatoms. The van der Waals surface area contributed by atoms with E-state index in [1.165, 1.54) is 10.4 Å². The fourth-order valence-corrected chi connectivity index (χ4v) is 2.92. The van der Waals surface area contributed by atoms with Crippen LogP contribution >= 0.6 is 23.6 Å². The fourth-order valence-electron chi connectivity index (χ4n) is 1.84. The van der Waals surface area contributed by atoms with Gasteiger partial charge in [-0.25, -0.2) is 9.97 Å². The lowest BCUT2D eigenvalue weighted by Gasteiger charge is -2.18. The molecule has 0 unspecified atom stereocenters. The van der Waals surface area contributed by atoms with E-state index < -0.39 is 0 Å². The summed E-state index contributed by atoms with van der Waals surface area (Å²) in [7, 11) is 2.01. The van der Waals surface area contributed by atoms with Crippen molar-refractivity contribution in [2.45, 2.75) is 20.3 Å².